The van der Waals surface area contributed by atoms with E-state index in [-0.39, 0.29) is 5.91 Å². The first-order chi connectivity index (χ1) is 10.9. The highest BCUT2D eigenvalue weighted by Gasteiger charge is 2.18. The molecule has 5 heteroatoms. The summed E-state index contributed by atoms with van der Waals surface area (Å²) in [5.74, 6) is -1.15. The molecule has 0 aliphatic heterocycles. The van der Waals surface area contributed by atoms with Gasteiger partial charge >= 0.3 is 0 Å². The van der Waals surface area contributed by atoms with Crippen molar-refractivity contribution in [2.45, 2.75) is 26.8 Å². The largest absolute Gasteiger partial charge is 0.341 e. The second kappa shape index (κ2) is 7.05. The van der Waals surface area contributed by atoms with Gasteiger partial charge < -0.3 is 10.6 Å². The monoisotopic (exact) mass is 314 g/mol. The molecule has 0 heterocycles. The van der Waals surface area contributed by atoms with Crippen LogP contribution in [0.1, 0.15) is 28.4 Å². The predicted molar refractivity (Wildman–Crippen MR) is 87.9 cm³/mol. The number of amides is 2. The first-order valence-electron chi connectivity index (χ1n) is 7.32. The molecule has 1 unspecified atom stereocenters. The summed E-state index contributed by atoms with van der Waals surface area (Å²) in [6.45, 7) is 5.18. The second-order valence-electron chi connectivity index (χ2n) is 5.46. The van der Waals surface area contributed by atoms with Gasteiger partial charge in [0.25, 0.3) is 5.91 Å². The zero-order valence-electron chi connectivity index (χ0n) is 13.3. The van der Waals surface area contributed by atoms with Gasteiger partial charge in [-0.2, -0.15) is 0 Å². The highest BCUT2D eigenvalue weighted by atomic mass is 19.1. The summed E-state index contributed by atoms with van der Waals surface area (Å²) in [6.07, 6.45) is 0. The van der Waals surface area contributed by atoms with Gasteiger partial charge in [0.15, 0.2) is 0 Å². The number of carbonyl (C=O) groups is 2. The number of hydrogen-bond acceptors (Lipinski definition) is 2. The lowest BCUT2D eigenvalue weighted by Gasteiger charge is -2.16. The molecule has 0 saturated heterocycles. The van der Waals surface area contributed by atoms with Crippen LogP contribution >= 0.6 is 0 Å². The molecule has 1 atom stereocenters. The summed E-state index contributed by atoms with van der Waals surface area (Å²) < 4.78 is 13.3. The Morgan fingerprint density at radius 2 is 1.74 bits per heavy atom. The fraction of sp³-hybridized carbons (Fsp3) is 0.222. The number of aryl methyl sites for hydroxylation is 2. The van der Waals surface area contributed by atoms with E-state index < -0.39 is 17.8 Å². The molecule has 2 aromatic rings. The molecular formula is C18H19FN2O2. The molecule has 0 aromatic heterocycles. The summed E-state index contributed by atoms with van der Waals surface area (Å²) in [5, 5.41) is 5.27. The van der Waals surface area contributed by atoms with Gasteiger partial charge in [0, 0.05) is 11.3 Å². The maximum Gasteiger partial charge on any atom is 0.252 e. The Kier molecular flexibility index (Phi) is 5.11. The molecule has 0 aliphatic carbocycles. The van der Waals surface area contributed by atoms with E-state index >= 15 is 0 Å². The van der Waals surface area contributed by atoms with E-state index in [9.17, 15) is 14.0 Å². The Balaban J connectivity index is 2.04. The van der Waals surface area contributed by atoms with Crippen LogP contribution in [0.25, 0.3) is 0 Å². The van der Waals surface area contributed by atoms with E-state index in [1.807, 2.05) is 19.1 Å². The van der Waals surface area contributed by atoms with Gasteiger partial charge in [0.1, 0.15) is 11.9 Å². The van der Waals surface area contributed by atoms with Crippen molar-refractivity contribution in [2.24, 2.45) is 0 Å². The normalized spacial score (nSPS) is 11.7. The van der Waals surface area contributed by atoms with Gasteiger partial charge in [-0.3, -0.25) is 9.59 Å². The fourth-order valence-electron chi connectivity index (χ4n) is 2.14. The summed E-state index contributed by atoms with van der Waals surface area (Å²) in [6, 6.07) is 10.6. The molecule has 0 bridgehead atoms. The third kappa shape index (κ3) is 4.16. The first kappa shape index (κ1) is 16.7. The molecule has 2 amide bonds. The van der Waals surface area contributed by atoms with Crippen LogP contribution in [0.4, 0.5) is 10.1 Å². The van der Waals surface area contributed by atoms with Crippen molar-refractivity contribution in [3.8, 4) is 0 Å². The number of halogens is 1. The average molecular weight is 314 g/mol. The molecule has 0 radical (unpaired) electrons. The van der Waals surface area contributed by atoms with Crippen molar-refractivity contribution in [3.63, 3.8) is 0 Å². The Morgan fingerprint density at radius 3 is 2.43 bits per heavy atom. The van der Waals surface area contributed by atoms with E-state index in [1.54, 1.807) is 32.0 Å². The Labute approximate surface area is 134 Å². The topological polar surface area (TPSA) is 58.2 Å². The van der Waals surface area contributed by atoms with Gasteiger partial charge in [-0.15, -0.1) is 0 Å². The molecule has 2 N–H and O–H groups in total. The minimum Gasteiger partial charge on any atom is -0.341 e. The van der Waals surface area contributed by atoms with Crippen LogP contribution in [0.3, 0.4) is 0 Å². The lowest BCUT2D eigenvalue weighted by Crippen LogP contribution is -2.41. The van der Waals surface area contributed by atoms with Crippen LogP contribution in [0.15, 0.2) is 42.5 Å². The number of benzene rings is 2. The number of hydrogen-bond donors (Lipinski definition) is 2. The first-order valence-corrected chi connectivity index (χ1v) is 7.32. The predicted octanol–water partition coefficient (Wildman–Crippen LogP) is 3.20. The van der Waals surface area contributed by atoms with Crippen molar-refractivity contribution >= 4 is 17.5 Å². The minimum absolute atomic E-state index is 0.318. The third-order valence-electron chi connectivity index (χ3n) is 3.59. The minimum atomic E-state index is -0.746. The molecule has 23 heavy (non-hydrogen) atoms. The standard InChI is InChI=1S/C18H19FN2O2/c1-11-6-4-5-7-15(11)18(23)20-13(3)17(22)21-16-10-14(19)9-8-12(16)2/h4-10,13H,1-3H3,(H,20,23)(H,21,22). The fourth-order valence-corrected chi connectivity index (χ4v) is 2.14. The lowest BCUT2D eigenvalue weighted by atomic mass is 10.1. The number of rotatable bonds is 4. The Hall–Kier alpha value is -2.69. The summed E-state index contributed by atoms with van der Waals surface area (Å²) in [5.41, 5.74) is 2.50. The summed E-state index contributed by atoms with van der Waals surface area (Å²) >= 11 is 0. The maximum atomic E-state index is 13.3. The summed E-state index contributed by atoms with van der Waals surface area (Å²) in [4.78, 5) is 24.4. The third-order valence-corrected chi connectivity index (χ3v) is 3.59. The van der Waals surface area contributed by atoms with Crippen molar-refractivity contribution in [1.82, 2.24) is 5.32 Å². The summed E-state index contributed by atoms with van der Waals surface area (Å²) in [7, 11) is 0. The van der Waals surface area contributed by atoms with E-state index in [1.165, 1.54) is 12.1 Å². The molecule has 0 saturated carbocycles. The average Bonchev–Trinajstić information content (AvgIpc) is 2.51. The smallest absolute Gasteiger partial charge is 0.252 e. The molecule has 0 aliphatic rings. The molecule has 2 rings (SSSR count). The van der Waals surface area contributed by atoms with Crippen molar-refractivity contribution in [2.75, 3.05) is 5.32 Å². The van der Waals surface area contributed by atoms with Gasteiger partial charge in [0.05, 0.1) is 0 Å². The van der Waals surface area contributed by atoms with Gasteiger partial charge in [-0.05, 0) is 50.1 Å². The van der Waals surface area contributed by atoms with Crippen LogP contribution in [-0.2, 0) is 4.79 Å². The zero-order chi connectivity index (χ0) is 17.0. The van der Waals surface area contributed by atoms with Crippen LogP contribution < -0.4 is 10.6 Å². The van der Waals surface area contributed by atoms with Crippen molar-refractivity contribution in [1.29, 1.82) is 0 Å². The van der Waals surface area contributed by atoms with E-state index in [0.29, 0.717) is 11.3 Å². The molecule has 4 nitrogen and oxygen atoms in total. The molecule has 0 fully saturated rings. The quantitative estimate of drug-likeness (QED) is 0.910. The number of nitrogens with one attached hydrogen (secondary N) is 2. The Bertz CT molecular complexity index is 744. The van der Waals surface area contributed by atoms with Gasteiger partial charge in [-0.1, -0.05) is 24.3 Å². The number of carbonyl (C=O) groups excluding carboxylic acids is 2. The van der Waals surface area contributed by atoms with E-state index in [0.717, 1.165) is 11.1 Å². The van der Waals surface area contributed by atoms with Crippen LogP contribution in [0, 0.1) is 19.7 Å². The number of anilines is 1. The lowest BCUT2D eigenvalue weighted by molar-refractivity contribution is -0.117. The van der Waals surface area contributed by atoms with Gasteiger partial charge in [-0.25, -0.2) is 4.39 Å². The van der Waals surface area contributed by atoms with E-state index in [4.69, 9.17) is 0 Å². The maximum absolute atomic E-state index is 13.3. The second-order valence-corrected chi connectivity index (χ2v) is 5.46. The highest BCUT2D eigenvalue weighted by molar-refractivity contribution is 6.01. The van der Waals surface area contributed by atoms with Crippen LogP contribution in [0.2, 0.25) is 0 Å². The van der Waals surface area contributed by atoms with Gasteiger partial charge in [0.2, 0.25) is 5.91 Å². The molecule has 0 spiro atoms. The Morgan fingerprint density at radius 1 is 1.04 bits per heavy atom. The van der Waals surface area contributed by atoms with Crippen LogP contribution in [-0.4, -0.2) is 17.9 Å². The SMILES string of the molecule is Cc1ccc(F)cc1NC(=O)C(C)NC(=O)c1ccccc1C. The van der Waals surface area contributed by atoms with Crippen molar-refractivity contribution < 1.29 is 14.0 Å². The van der Waals surface area contributed by atoms with E-state index in [2.05, 4.69) is 10.6 Å². The molecular weight excluding hydrogens is 295 g/mol. The van der Waals surface area contributed by atoms with Crippen molar-refractivity contribution in [3.05, 3.63) is 65.0 Å². The zero-order valence-corrected chi connectivity index (χ0v) is 13.3. The molecule has 2 aromatic carbocycles. The highest BCUT2D eigenvalue weighted by Crippen LogP contribution is 2.16. The molecule has 120 valence electrons. The van der Waals surface area contributed by atoms with Crippen LogP contribution in [0.5, 0.6) is 0 Å².